The number of carbonyl (C=O) groups is 1. The molecule has 4 aromatic rings. The first-order valence-corrected chi connectivity index (χ1v) is 11.3. The van der Waals surface area contributed by atoms with Gasteiger partial charge >= 0.3 is 0 Å². The van der Waals surface area contributed by atoms with Crippen LogP contribution in [0.2, 0.25) is 0 Å². The van der Waals surface area contributed by atoms with Gasteiger partial charge in [-0.1, -0.05) is 36.9 Å². The summed E-state index contributed by atoms with van der Waals surface area (Å²) in [5.41, 5.74) is 5.13. The smallest absolute Gasteiger partial charge is 0.247 e. The number of carbonyl (C=O) groups excluding carboxylic acids is 1. The standard InChI is InChI=1S/C27H26N6O2/c1-3-25(34)31-19-8-4-6-17(12-19)22-9-5-7-18-14-29-27(33-26(18)22)32-23-11-10-20(13-24(23)35-2)30-21-15-28-16-21/h3-14,21,28,30H,1,15-16H2,2H3,(H,31,34)(H,29,32,33). The third-order valence-electron chi connectivity index (χ3n) is 5.84. The molecule has 1 saturated heterocycles. The molecule has 3 aromatic carbocycles. The fourth-order valence-corrected chi connectivity index (χ4v) is 3.94. The molecule has 8 heteroatoms. The van der Waals surface area contributed by atoms with E-state index in [2.05, 4.69) is 32.8 Å². The fourth-order valence-electron chi connectivity index (χ4n) is 3.94. The Morgan fingerprint density at radius 2 is 1.97 bits per heavy atom. The van der Waals surface area contributed by atoms with Gasteiger partial charge in [0.25, 0.3) is 0 Å². The minimum atomic E-state index is -0.256. The van der Waals surface area contributed by atoms with Gasteiger partial charge in [0.2, 0.25) is 11.9 Å². The summed E-state index contributed by atoms with van der Waals surface area (Å²) in [6.07, 6.45) is 3.04. The number of ether oxygens (including phenoxy) is 1. The summed E-state index contributed by atoms with van der Waals surface area (Å²) in [5.74, 6) is 0.904. The highest BCUT2D eigenvalue weighted by atomic mass is 16.5. The van der Waals surface area contributed by atoms with Gasteiger partial charge in [-0.15, -0.1) is 0 Å². The molecule has 1 aliphatic rings. The van der Waals surface area contributed by atoms with Crippen molar-refractivity contribution in [1.82, 2.24) is 15.3 Å². The first-order valence-electron chi connectivity index (χ1n) is 11.3. The van der Waals surface area contributed by atoms with E-state index in [4.69, 9.17) is 9.72 Å². The van der Waals surface area contributed by atoms with E-state index in [-0.39, 0.29) is 5.91 Å². The van der Waals surface area contributed by atoms with E-state index in [1.54, 1.807) is 13.3 Å². The van der Waals surface area contributed by atoms with Crippen molar-refractivity contribution < 1.29 is 9.53 Å². The molecule has 5 rings (SSSR count). The predicted octanol–water partition coefficient (Wildman–Crippen LogP) is 4.56. The van der Waals surface area contributed by atoms with Crippen molar-refractivity contribution in [2.75, 3.05) is 36.1 Å². The molecule has 0 radical (unpaired) electrons. The summed E-state index contributed by atoms with van der Waals surface area (Å²) < 4.78 is 5.61. The molecule has 0 aliphatic carbocycles. The number of hydrogen-bond acceptors (Lipinski definition) is 7. The lowest BCUT2D eigenvalue weighted by atomic mass is 10.0. The molecule has 1 aliphatic heterocycles. The number of nitrogens with zero attached hydrogens (tertiary/aromatic N) is 2. The summed E-state index contributed by atoms with van der Waals surface area (Å²) in [4.78, 5) is 21.0. The first kappa shape index (κ1) is 22.4. The Kier molecular flexibility index (Phi) is 6.28. The van der Waals surface area contributed by atoms with E-state index in [9.17, 15) is 4.79 Å². The van der Waals surface area contributed by atoms with Crippen LogP contribution in [0.1, 0.15) is 0 Å². The molecular formula is C27H26N6O2. The van der Waals surface area contributed by atoms with E-state index in [0.29, 0.717) is 23.4 Å². The Morgan fingerprint density at radius 1 is 1.11 bits per heavy atom. The van der Waals surface area contributed by atoms with Crippen LogP contribution < -0.4 is 26.0 Å². The minimum Gasteiger partial charge on any atom is -0.494 e. The zero-order chi connectivity index (χ0) is 24.2. The van der Waals surface area contributed by atoms with E-state index < -0.39 is 0 Å². The monoisotopic (exact) mass is 466 g/mol. The third kappa shape index (κ3) is 4.92. The molecule has 0 unspecified atom stereocenters. The largest absolute Gasteiger partial charge is 0.494 e. The fraction of sp³-hybridized carbons (Fsp3) is 0.148. The summed E-state index contributed by atoms with van der Waals surface area (Å²) >= 11 is 0. The molecule has 0 saturated carbocycles. The second-order valence-electron chi connectivity index (χ2n) is 8.25. The van der Waals surface area contributed by atoms with E-state index in [0.717, 1.165) is 46.5 Å². The van der Waals surface area contributed by atoms with Crippen LogP contribution in [-0.4, -0.2) is 42.1 Å². The molecular weight excluding hydrogens is 440 g/mol. The van der Waals surface area contributed by atoms with Gasteiger partial charge < -0.3 is 26.0 Å². The summed E-state index contributed by atoms with van der Waals surface area (Å²) in [5, 5.41) is 13.7. The van der Waals surface area contributed by atoms with Crippen molar-refractivity contribution in [2.24, 2.45) is 0 Å². The van der Waals surface area contributed by atoms with E-state index in [1.807, 2.05) is 60.7 Å². The molecule has 35 heavy (non-hydrogen) atoms. The van der Waals surface area contributed by atoms with Crippen LogP contribution in [0, 0.1) is 0 Å². The molecule has 1 amide bonds. The number of benzene rings is 3. The number of anilines is 4. The van der Waals surface area contributed by atoms with Crippen LogP contribution in [0.4, 0.5) is 23.0 Å². The zero-order valence-corrected chi connectivity index (χ0v) is 19.3. The van der Waals surface area contributed by atoms with Gasteiger partial charge in [0.1, 0.15) is 5.75 Å². The normalized spacial score (nSPS) is 13.1. The lowest BCUT2D eigenvalue weighted by Crippen LogP contribution is -2.51. The van der Waals surface area contributed by atoms with Crippen molar-refractivity contribution in [1.29, 1.82) is 0 Å². The van der Waals surface area contributed by atoms with Crippen LogP contribution in [0.3, 0.4) is 0 Å². The van der Waals surface area contributed by atoms with Gasteiger partial charge in [0, 0.05) is 47.7 Å². The average molecular weight is 467 g/mol. The number of methoxy groups -OCH3 is 1. The van der Waals surface area contributed by atoms with Gasteiger partial charge in [-0.05, 0) is 35.9 Å². The topological polar surface area (TPSA) is 100 Å². The second-order valence-corrected chi connectivity index (χ2v) is 8.25. The molecule has 4 N–H and O–H groups in total. The molecule has 176 valence electrons. The Morgan fingerprint density at radius 3 is 2.74 bits per heavy atom. The highest BCUT2D eigenvalue weighted by Crippen LogP contribution is 2.32. The van der Waals surface area contributed by atoms with Gasteiger partial charge in [-0.2, -0.15) is 0 Å². The van der Waals surface area contributed by atoms with Gasteiger partial charge in [-0.25, -0.2) is 9.97 Å². The van der Waals surface area contributed by atoms with E-state index >= 15 is 0 Å². The highest BCUT2D eigenvalue weighted by molar-refractivity contribution is 6.00. The quantitative estimate of drug-likeness (QED) is 0.283. The number of rotatable bonds is 8. The maximum atomic E-state index is 11.7. The number of amides is 1. The van der Waals surface area contributed by atoms with Crippen molar-refractivity contribution in [3.05, 3.63) is 79.5 Å². The number of aromatic nitrogens is 2. The number of nitrogens with one attached hydrogen (secondary N) is 4. The van der Waals surface area contributed by atoms with Crippen LogP contribution >= 0.6 is 0 Å². The van der Waals surface area contributed by atoms with Gasteiger partial charge in [0.15, 0.2) is 0 Å². The molecule has 0 bridgehead atoms. The Bertz CT molecular complexity index is 1400. The molecule has 1 aromatic heterocycles. The van der Waals surface area contributed by atoms with Crippen molar-refractivity contribution in [3.8, 4) is 16.9 Å². The van der Waals surface area contributed by atoms with Gasteiger partial charge in [0.05, 0.1) is 24.4 Å². The Balaban J connectivity index is 1.45. The number of hydrogen-bond donors (Lipinski definition) is 4. The number of fused-ring (bicyclic) bond motifs is 1. The van der Waals surface area contributed by atoms with Gasteiger partial charge in [-0.3, -0.25) is 4.79 Å². The molecule has 0 spiro atoms. The summed E-state index contributed by atoms with van der Waals surface area (Å²) in [6.45, 7) is 5.42. The predicted molar refractivity (Wildman–Crippen MR) is 140 cm³/mol. The lowest BCUT2D eigenvalue weighted by Gasteiger charge is -2.29. The lowest BCUT2D eigenvalue weighted by molar-refractivity contribution is -0.111. The minimum absolute atomic E-state index is 0.256. The average Bonchev–Trinajstić information content (AvgIpc) is 2.86. The molecule has 2 heterocycles. The Hall–Kier alpha value is -4.43. The summed E-state index contributed by atoms with van der Waals surface area (Å²) in [7, 11) is 1.65. The molecule has 1 fully saturated rings. The van der Waals surface area contributed by atoms with Crippen molar-refractivity contribution in [2.45, 2.75) is 6.04 Å². The maximum Gasteiger partial charge on any atom is 0.247 e. The second kappa shape index (κ2) is 9.82. The van der Waals surface area contributed by atoms with Crippen molar-refractivity contribution >= 4 is 39.8 Å². The maximum absolute atomic E-state index is 11.7. The van der Waals surface area contributed by atoms with Crippen LogP contribution in [0.25, 0.3) is 22.0 Å². The SMILES string of the molecule is C=CC(=O)Nc1cccc(-c2cccc3cnc(Nc4ccc(NC5CNC5)cc4OC)nc23)c1. The van der Waals surface area contributed by atoms with Crippen LogP contribution in [0.5, 0.6) is 5.75 Å². The summed E-state index contributed by atoms with van der Waals surface area (Å²) in [6, 6.07) is 20.0. The molecule has 0 atom stereocenters. The van der Waals surface area contributed by atoms with Crippen LogP contribution in [0.15, 0.2) is 79.5 Å². The van der Waals surface area contributed by atoms with E-state index in [1.165, 1.54) is 6.08 Å². The molecule has 8 nitrogen and oxygen atoms in total. The highest BCUT2D eigenvalue weighted by Gasteiger charge is 2.17. The number of para-hydroxylation sites is 1. The Labute approximate surface area is 203 Å². The third-order valence-corrected chi connectivity index (χ3v) is 5.84. The first-order chi connectivity index (χ1) is 17.1. The van der Waals surface area contributed by atoms with Crippen molar-refractivity contribution in [3.63, 3.8) is 0 Å². The van der Waals surface area contributed by atoms with Crippen LogP contribution in [-0.2, 0) is 4.79 Å². The zero-order valence-electron chi connectivity index (χ0n) is 19.3.